The summed E-state index contributed by atoms with van der Waals surface area (Å²) in [5.41, 5.74) is 0.957. The highest BCUT2D eigenvalue weighted by atomic mass is 32.2. The number of anilines is 1. The minimum absolute atomic E-state index is 0.0676. The zero-order chi connectivity index (χ0) is 15.8. The molecule has 0 saturated carbocycles. The summed E-state index contributed by atoms with van der Waals surface area (Å²) in [6.45, 7) is 1.88. The minimum atomic E-state index is -3.65. The number of benzene rings is 1. The van der Waals surface area contributed by atoms with Crippen molar-refractivity contribution in [3.05, 3.63) is 33.9 Å². The summed E-state index contributed by atoms with van der Waals surface area (Å²) < 4.78 is 22.2. The molecule has 0 bridgehead atoms. The van der Waals surface area contributed by atoms with E-state index in [-0.39, 0.29) is 30.3 Å². The first kappa shape index (κ1) is 15.4. The van der Waals surface area contributed by atoms with Crippen LogP contribution in [0.2, 0.25) is 0 Å². The molecule has 1 aliphatic rings. The third-order valence-corrected chi connectivity index (χ3v) is 4.18. The summed E-state index contributed by atoms with van der Waals surface area (Å²) in [6, 6.07) is 4.38. The first-order valence-corrected chi connectivity index (χ1v) is 7.94. The highest BCUT2D eigenvalue weighted by molar-refractivity contribution is 7.89. The Morgan fingerprint density at radius 2 is 2.10 bits per heavy atom. The molecule has 0 radical (unpaired) electrons. The van der Waals surface area contributed by atoms with Crippen LogP contribution < -0.4 is 10.0 Å². The average molecular weight is 313 g/mol. The van der Waals surface area contributed by atoms with Gasteiger partial charge in [0, 0.05) is 31.0 Å². The molecule has 1 aliphatic heterocycles. The molecule has 0 aliphatic carbocycles. The fraction of sp³-hybridized carbons (Fsp3) is 0.417. The summed E-state index contributed by atoms with van der Waals surface area (Å²) in [6.07, 6.45) is 0.0676. The molecule has 1 aromatic carbocycles. The lowest BCUT2D eigenvalue weighted by molar-refractivity contribution is -0.384. The second-order valence-corrected chi connectivity index (χ2v) is 6.85. The van der Waals surface area contributed by atoms with Crippen LogP contribution in [0.1, 0.15) is 12.0 Å². The van der Waals surface area contributed by atoms with Gasteiger partial charge in [-0.05, 0) is 18.6 Å². The number of sulfonamides is 1. The summed E-state index contributed by atoms with van der Waals surface area (Å²) >= 11 is 0. The SMILES string of the molecule is Cc1cc(N2CC(CS(N)(=O)=O)CC2=O)cc([N+](=O)[O-])c1. The number of amides is 1. The maximum Gasteiger partial charge on any atom is 0.271 e. The van der Waals surface area contributed by atoms with Gasteiger partial charge in [0.1, 0.15) is 0 Å². The lowest BCUT2D eigenvalue weighted by atomic mass is 10.1. The van der Waals surface area contributed by atoms with E-state index in [0.717, 1.165) is 0 Å². The molecular weight excluding hydrogens is 298 g/mol. The van der Waals surface area contributed by atoms with Crippen molar-refractivity contribution in [1.29, 1.82) is 0 Å². The largest absolute Gasteiger partial charge is 0.312 e. The van der Waals surface area contributed by atoms with Gasteiger partial charge in [-0.3, -0.25) is 14.9 Å². The average Bonchev–Trinajstić information content (AvgIpc) is 2.66. The van der Waals surface area contributed by atoms with Crippen LogP contribution in [-0.2, 0) is 14.8 Å². The fourth-order valence-corrected chi connectivity index (χ4v) is 3.36. The van der Waals surface area contributed by atoms with Gasteiger partial charge in [-0.15, -0.1) is 0 Å². The monoisotopic (exact) mass is 313 g/mol. The van der Waals surface area contributed by atoms with E-state index in [1.807, 2.05) is 0 Å². The predicted octanol–water partition coefficient (Wildman–Crippen LogP) is 0.545. The van der Waals surface area contributed by atoms with E-state index in [4.69, 9.17) is 5.14 Å². The molecule has 1 unspecified atom stereocenters. The molecule has 2 rings (SSSR count). The number of nitrogens with zero attached hydrogens (tertiary/aromatic N) is 2. The Hall–Kier alpha value is -2.00. The first-order valence-electron chi connectivity index (χ1n) is 6.22. The number of primary sulfonamides is 1. The Labute approximate surface area is 121 Å². The van der Waals surface area contributed by atoms with Crippen LogP contribution in [0.15, 0.2) is 18.2 Å². The maximum atomic E-state index is 12.0. The zero-order valence-electron chi connectivity index (χ0n) is 11.4. The van der Waals surface area contributed by atoms with Crippen LogP contribution in [0.4, 0.5) is 11.4 Å². The van der Waals surface area contributed by atoms with E-state index < -0.39 is 20.9 Å². The topological polar surface area (TPSA) is 124 Å². The van der Waals surface area contributed by atoms with Gasteiger partial charge in [-0.1, -0.05) is 0 Å². The zero-order valence-corrected chi connectivity index (χ0v) is 12.2. The number of rotatable bonds is 4. The smallest absolute Gasteiger partial charge is 0.271 e. The molecule has 0 aromatic heterocycles. The molecule has 1 aromatic rings. The Balaban J connectivity index is 2.27. The number of aryl methyl sites for hydroxylation is 1. The molecule has 1 atom stereocenters. The van der Waals surface area contributed by atoms with Crippen molar-refractivity contribution >= 4 is 27.3 Å². The van der Waals surface area contributed by atoms with E-state index in [2.05, 4.69) is 0 Å². The van der Waals surface area contributed by atoms with E-state index in [1.54, 1.807) is 13.0 Å². The van der Waals surface area contributed by atoms with Crippen molar-refractivity contribution in [3.63, 3.8) is 0 Å². The van der Waals surface area contributed by atoms with Crippen LogP contribution in [0.5, 0.6) is 0 Å². The third-order valence-electron chi connectivity index (χ3n) is 3.24. The fourth-order valence-electron chi connectivity index (χ4n) is 2.48. The van der Waals surface area contributed by atoms with E-state index in [1.165, 1.54) is 17.0 Å². The molecule has 8 nitrogen and oxygen atoms in total. The Morgan fingerprint density at radius 1 is 1.43 bits per heavy atom. The molecule has 1 heterocycles. The molecule has 21 heavy (non-hydrogen) atoms. The number of carbonyl (C=O) groups excluding carboxylic acids is 1. The molecule has 114 valence electrons. The molecule has 1 amide bonds. The number of nitrogens with two attached hydrogens (primary N) is 1. The van der Waals surface area contributed by atoms with Gasteiger partial charge in [-0.25, -0.2) is 13.6 Å². The van der Waals surface area contributed by atoms with Crippen LogP contribution in [0.25, 0.3) is 0 Å². The van der Waals surface area contributed by atoms with Crippen LogP contribution in [0.3, 0.4) is 0 Å². The standard InChI is InChI=1S/C12H15N3O5S/c1-8-2-10(5-11(3-8)15(17)18)14-6-9(4-12(14)16)7-21(13,19)20/h2-3,5,9H,4,6-7H2,1H3,(H2,13,19,20). The molecule has 9 heteroatoms. The number of hydrogen-bond donors (Lipinski definition) is 1. The molecule has 1 saturated heterocycles. The van der Waals surface area contributed by atoms with E-state index in [9.17, 15) is 23.3 Å². The number of carbonyl (C=O) groups is 1. The lowest BCUT2D eigenvalue weighted by Gasteiger charge is -2.17. The third kappa shape index (κ3) is 3.76. The molecular formula is C12H15N3O5S. The van der Waals surface area contributed by atoms with Crippen molar-refractivity contribution in [1.82, 2.24) is 0 Å². The highest BCUT2D eigenvalue weighted by Gasteiger charge is 2.33. The number of hydrogen-bond acceptors (Lipinski definition) is 5. The second-order valence-electron chi connectivity index (χ2n) is 5.19. The van der Waals surface area contributed by atoms with Crippen molar-refractivity contribution in [3.8, 4) is 0 Å². The van der Waals surface area contributed by atoms with Crippen molar-refractivity contribution in [2.24, 2.45) is 11.1 Å². The van der Waals surface area contributed by atoms with Gasteiger partial charge in [0.15, 0.2) is 0 Å². The summed E-state index contributed by atoms with van der Waals surface area (Å²) in [7, 11) is -3.65. The van der Waals surface area contributed by atoms with Gasteiger partial charge in [0.25, 0.3) is 5.69 Å². The summed E-state index contributed by atoms with van der Waals surface area (Å²) in [5.74, 6) is -0.931. The van der Waals surface area contributed by atoms with Crippen molar-refractivity contribution in [2.75, 3.05) is 17.2 Å². The van der Waals surface area contributed by atoms with Crippen molar-refractivity contribution < 1.29 is 18.1 Å². The highest BCUT2D eigenvalue weighted by Crippen LogP contribution is 2.29. The van der Waals surface area contributed by atoms with Crippen LogP contribution >= 0.6 is 0 Å². The Kier molecular flexibility index (Phi) is 3.97. The molecule has 1 fully saturated rings. The second kappa shape index (κ2) is 5.41. The summed E-state index contributed by atoms with van der Waals surface area (Å²) in [4.78, 5) is 23.7. The number of nitro groups is 1. The van der Waals surface area contributed by atoms with Gasteiger partial charge < -0.3 is 4.90 Å². The Bertz CT molecular complexity index is 701. The van der Waals surface area contributed by atoms with Gasteiger partial charge in [-0.2, -0.15) is 0 Å². The lowest BCUT2D eigenvalue weighted by Crippen LogP contribution is -2.27. The number of non-ortho nitro benzene ring substituents is 1. The van der Waals surface area contributed by atoms with Gasteiger partial charge in [0.05, 0.1) is 16.4 Å². The van der Waals surface area contributed by atoms with E-state index >= 15 is 0 Å². The maximum absolute atomic E-state index is 12.0. The van der Waals surface area contributed by atoms with Crippen molar-refractivity contribution in [2.45, 2.75) is 13.3 Å². The molecule has 2 N–H and O–H groups in total. The summed E-state index contributed by atoms with van der Waals surface area (Å²) in [5, 5.41) is 15.8. The van der Waals surface area contributed by atoms with Crippen LogP contribution in [0, 0.1) is 23.0 Å². The quantitative estimate of drug-likeness (QED) is 0.642. The first-order chi connectivity index (χ1) is 9.65. The van der Waals surface area contributed by atoms with Gasteiger partial charge in [0.2, 0.25) is 15.9 Å². The van der Waals surface area contributed by atoms with Gasteiger partial charge >= 0.3 is 0 Å². The Morgan fingerprint density at radius 3 is 2.67 bits per heavy atom. The minimum Gasteiger partial charge on any atom is -0.312 e. The van der Waals surface area contributed by atoms with Crippen LogP contribution in [-0.4, -0.2) is 31.5 Å². The predicted molar refractivity (Wildman–Crippen MR) is 76.3 cm³/mol. The molecule has 0 spiro atoms. The van der Waals surface area contributed by atoms with E-state index in [0.29, 0.717) is 11.3 Å². The normalized spacial score (nSPS) is 19.0. The number of nitro benzene ring substituents is 1.